The number of carbonyl (C=O) groups excluding carboxylic acids is 1. The van der Waals surface area contributed by atoms with E-state index in [0.717, 1.165) is 0 Å². The molecule has 0 saturated carbocycles. The zero-order valence-electron chi connectivity index (χ0n) is 14.7. The van der Waals surface area contributed by atoms with E-state index in [0.29, 0.717) is 50.9 Å². The van der Waals surface area contributed by atoms with Crippen LogP contribution in [0.4, 0.5) is 5.69 Å². The van der Waals surface area contributed by atoms with Crippen LogP contribution in [-0.2, 0) is 0 Å². The van der Waals surface area contributed by atoms with Crippen molar-refractivity contribution in [2.24, 2.45) is 5.73 Å². The first kappa shape index (κ1) is 20.5. The van der Waals surface area contributed by atoms with Gasteiger partial charge in [0, 0.05) is 28.8 Å². The van der Waals surface area contributed by atoms with Crippen LogP contribution in [0.5, 0.6) is 11.5 Å². The third kappa shape index (κ3) is 4.97. The summed E-state index contributed by atoms with van der Waals surface area (Å²) in [7, 11) is 0. The molecule has 7 heteroatoms. The number of ether oxygens (including phenoxy) is 1. The Morgan fingerprint density at radius 2 is 1.43 bits per heavy atom. The van der Waals surface area contributed by atoms with Crippen molar-refractivity contribution < 1.29 is 9.53 Å². The van der Waals surface area contributed by atoms with Crippen molar-refractivity contribution >= 4 is 46.4 Å². The number of rotatable bonds is 6. The zero-order chi connectivity index (χ0) is 20.1. The molecule has 2 N–H and O–H groups in total. The van der Waals surface area contributed by atoms with Crippen LogP contribution < -0.4 is 15.4 Å². The SMILES string of the molecule is NCCN(C(=O)c1ccc(Cl)cc1Cl)c1ccc(Oc2ccc(Cl)cc2)cc1. The Morgan fingerprint density at radius 1 is 0.857 bits per heavy atom. The predicted octanol–water partition coefficient (Wildman–Crippen LogP) is 6.04. The van der Waals surface area contributed by atoms with Gasteiger partial charge < -0.3 is 15.4 Å². The molecule has 28 heavy (non-hydrogen) atoms. The van der Waals surface area contributed by atoms with Crippen LogP contribution in [0.2, 0.25) is 15.1 Å². The van der Waals surface area contributed by atoms with E-state index in [1.165, 1.54) is 0 Å². The lowest BCUT2D eigenvalue weighted by Gasteiger charge is -2.23. The van der Waals surface area contributed by atoms with E-state index in [1.54, 1.807) is 71.6 Å². The van der Waals surface area contributed by atoms with Crippen molar-refractivity contribution in [1.29, 1.82) is 0 Å². The maximum Gasteiger partial charge on any atom is 0.259 e. The molecule has 3 rings (SSSR count). The summed E-state index contributed by atoms with van der Waals surface area (Å²) >= 11 is 18.0. The zero-order valence-corrected chi connectivity index (χ0v) is 17.0. The molecule has 0 atom stereocenters. The smallest absolute Gasteiger partial charge is 0.259 e. The molecule has 144 valence electrons. The molecule has 0 aliphatic rings. The Balaban J connectivity index is 1.81. The lowest BCUT2D eigenvalue weighted by molar-refractivity contribution is 0.0987. The van der Waals surface area contributed by atoms with Gasteiger partial charge in [-0.25, -0.2) is 0 Å². The highest BCUT2D eigenvalue weighted by molar-refractivity contribution is 6.37. The summed E-state index contributed by atoms with van der Waals surface area (Å²) in [5, 5.41) is 1.40. The lowest BCUT2D eigenvalue weighted by Crippen LogP contribution is -2.35. The van der Waals surface area contributed by atoms with Crippen molar-refractivity contribution in [2.45, 2.75) is 0 Å². The minimum Gasteiger partial charge on any atom is -0.457 e. The highest BCUT2D eigenvalue weighted by Crippen LogP contribution is 2.28. The number of hydrogen-bond donors (Lipinski definition) is 1. The van der Waals surface area contributed by atoms with Gasteiger partial charge in [-0.1, -0.05) is 34.8 Å². The molecule has 0 radical (unpaired) electrons. The molecule has 0 saturated heterocycles. The van der Waals surface area contributed by atoms with Gasteiger partial charge in [0.05, 0.1) is 10.6 Å². The van der Waals surface area contributed by atoms with Crippen molar-refractivity contribution in [3.8, 4) is 11.5 Å². The van der Waals surface area contributed by atoms with E-state index in [9.17, 15) is 4.79 Å². The summed E-state index contributed by atoms with van der Waals surface area (Å²) in [5.74, 6) is 1.05. The number of nitrogens with zero attached hydrogens (tertiary/aromatic N) is 1. The average Bonchev–Trinajstić information content (AvgIpc) is 2.68. The second kappa shape index (κ2) is 9.30. The van der Waals surface area contributed by atoms with Crippen molar-refractivity contribution in [3.63, 3.8) is 0 Å². The topological polar surface area (TPSA) is 55.6 Å². The minimum atomic E-state index is -0.251. The average molecular weight is 436 g/mol. The molecule has 0 heterocycles. The van der Waals surface area contributed by atoms with Gasteiger partial charge >= 0.3 is 0 Å². The third-order valence-electron chi connectivity index (χ3n) is 3.96. The second-order valence-electron chi connectivity index (χ2n) is 5.92. The van der Waals surface area contributed by atoms with Crippen LogP contribution in [0.3, 0.4) is 0 Å². The molecule has 0 unspecified atom stereocenters. The molecule has 0 spiro atoms. The van der Waals surface area contributed by atoms with Gasteiger partial charge in [0.1, 0.15) is 11.5 Å². The van der Waals surface area contributed by atoms with Gasteiger partial charge in [-0.05, 0) is 66.7 Å². The Morgan fingerprint density at radius 3 is 2.00 bits per heavy atom. The fourth-order valence-electron chi connectivity index (χ4n) is 2.62. The quantitative estimate of drug-likeness (QED) is 0.513. The van der Waals surface area contributed by atoms with Gasteiger partial charge in [0.25, 0.3) is 5.91 Å². The minimum absolute atomic E-state index is 0.251. The monoisotopic (exact) mass is 434 g/mol. The van der Waals surface area contributed by atoms with Gasteiger partial charge in [-0.3, -0.25) is 4.79 Å². The number of hydrogen-bond acceptors (Lipinski definition) is 3. The molecule has 3 aromatic rings. The molecular weight excluding hydrogens is 419 g/mol. The van der Waals surface area contributed by atoms with Crippen LogP contribution in [0.25, 0.3) is 0 Å². The van der Waals surface area contributed by atoms with E-state index < -0.39 is 0 Å². The second-order valence-corrected chi connectivity index (χ2v) is 7.20. The first-order valence-electron chi connectivity index (χ1n) is 8.48. The highest BCUT2D eigenvalue weighted by atomic mass is 35.5. The Bertz CT molecular complexity index is 960. The Labute approximate surface area is 178 Å². The number of anilines is 1. The van der Waals surface area contributed by atoms with Gasteiger partial charge in [-0.15, -0.1) is 0 Å². The summed E-state index contributed by atoms with van der Waals surface area (Å²) in [6.45, 7) is 0.648. The number of benzene rings is 3. The van der Waals surface area contributed by atoms with Gasteiger partial charge in [0.15, 0.2) is 0 Å². The number of nitrogens with two attached hydrogens (primary N) is 1. The van der Waals surface area contributed by atoms with E-state index in [-0.39, 0.29) is 5.91 Å². The molecule has 0 aliphatic carbocycles. The molecule has 0 fully saturated rings. The summed E-state index contributed by atoms with van der Waals surface area (Å²) in [6, 6.07) is 19.0. The van der Waals surface area contributed by atoms with Gasteiger partial charge in [-0.2, -0.15) is 0 Å². The fourth-order valence-corrected chi connectivity index (χ4v) is 3.23. The summed E-state index contributed by atoms with van der Waals surface area (Å²) in [6.07, 6.45) is 0. The maximum absolute atomic E-state index is 13.0. The van der Waals surface area contributed by atoms with Crippen molar-refractivity contribution in [3.05, 3.63) is 87.4 Å². The van der Waals surface area contributed by atoms with Crippen LogP contribution in [0.1, 0.15) is 10.4 Å². The van der Waals surface area contributed by atoms with Crippen LogP contribution >= 0.6 is 34.8 Å². The lowest BCUT2D eigenvalue weighted by atomic mass is 10.1. The highest BCUT2D eigenvalue weighted by Gasteiger charge is 2.20. The van der Waals surface area contributed by atoms with E-state index in [1.807, 2.05) is 0 Å². The number of amides is 1. The van der Waals surface area contributed by atoms with Crippen molar-refractivity contribution in [2.75, 3.05) is 18.0 Å². The molecule has 0 bridgehead atoms. The number of carbonyl (C=O) groups is 1. The van der Waals surface area contributed by atoms with E-state index in [2.05, 4.69) is 0 Å². The standard InChI is InChI=1S/C21H17Cl3N2O2/c22-14-1-6-17(7-2-14)28-18-8-4-16(5-9-18)26(12-11-25)21(27)19-10-3-15(23)13-20(19)24/h1-10,13H,11-12,25H2. The molecule has 0 aliphatic heterocycles. The summed E-state index contributed by atoms with van der Waals surface area (Å²) in [4.78, 5) is 14.5. The molecule has 0 aromatic heterocycles. The Kier molecular flexibility index (Phi) is 6.81. The van der Waals surface area contributed by atoms with Crippen LogP contribution in [0.15, 0.2) is 66.7 Å². The van der Waals surface area contributed by atoms with Crippen LogP contribution in [0, 0.1) is 0 Å². The van der Waals surface area contributed by atoms with Crippen LogP contribution in [-0.4, -0.2) is 19.0 Å². The Hall–Kier alpha value is -2.24. The fraction of sp³-hybridized carbons (Fsp3) is 0.0952. The maximum atomic E-state index is 13.0. The molecule has 3 aromatic carbocycles. The molecule has 1 amide bonds. The summed E-state index contributed by atoms with van der Waals surface area (Å²) in [5.41, 5.74) is 6.75. The predicted molar refractivity (Wildman–Crippen MR) is 115 cm³/mol. The first-order chi connectivity index (χ1) is 13.5. The van der Waals surface area contributed by atoms with E-state index >= 15 is 0 Å². The largest absolute Gasteiger partial charge is 0.457 e. The van der Waals surface area contributed by atoms with E-state index in [4.69, 9.17) is 45.3 Å². The normalized spacial score (nSPS) is 10.6. The third-order valence-corrected chi connectivity index (χ3v) is 4.76. The van der Waals surface area contributed by atoms with Crippen molar-refractivity contribution in [1.82, 2.24) is 0 Å². The number of halogens is 3. The van der Waals surface area contributed by atoms with Gasteiger partial charge in [0.2, 0.25) is 0 Å². The molecule has 4 nitrogen and oxygen atoms in total. The molecular formula is C21H17Cl3N2O2. The first-order valence-corrected chi connectivity index (χ1v) is 9.62. The summed E-state index contributed by atoms with van der Waals surface area (Å²) < 4.78 is 5.78.